The van der Waals surface area contributed by atoms with Crippen LogP contribution in [0.2, 0.25) is 5.02 Å². The molecule has 0 unspecified atom stereocenters. The van der Waals surface area contributed by atoms with E-state index in [4.69, 9.17) is 11.6 Å². The number of piperidine rings is 1. The van der Waals surface area contributed by atoms with Crippen LogP contribution in [0, 0.1) is 5.92 Å². The number of aliphatic imine (C=N–C) groups is 1. The lowest BCUT2D eigenvalue weighted by molar-refractivity contribution is 0.0690. The first-order chi connectivity index (χ1) is 13.2. The third-order valence-corrected chi connectivity index (χ3v) is 5.67. The Hall–Kier alpha value is -2.33. The zero-order valence-electron chi connectivity index (χ0n) is 15.3. The summed E-state index contributed by atoms with van der Waals surface area (Å²) in [6, 6.07) is 15.9. The smallest absolute Gasteiger partial charge is 0.253 e. The summed E-state index contributed by atoms with van der Waals surface area (Å²) in [6.07, 6.45) is 3.17. The zero-order valence-corrected chi connectivity index (χ0v) is 16.1. The van der Waals surface area contributed by atoms with Gasteiger partial charge in [0.25, 0.3) is 5.91 Å². The van der Waals surface area contributed by atoms with Gasteiger partial charge in [-0.25, -0.2) is 0 Å². The Kier molecular flexibility index (Phi) is 5.44. The van der Waals surface area contributed by atoms with E-state index in [1.165, 1.54) is 11.1 Å². The number of carbonyl (C=O) groups is 1. The Morgan fingerprint density at radius 2 is 1.78 bits per heavy atom. The lowest BCUT2D eigenvalue weighted by Crippen LogP contribution is -2.38. The third kappa shape index (κ3) is 4.33. The van der Waals surface area contributed by atoms with Crippen LogP contribution in [0.4, 0.5) is 0 Å². The average Bonchev–Trinajstić information content (AvgIpc) is 3.24. The van der Waals surface area contributed by atoms with Crippen molar-refractivity contribution >= 4 is 23.3 Å². The first kappa shape index (κ1) is 18.1. The number of rotatable bonds is 4. The third-order valence-electron chi connectivity index (χ3n) is 5.42. The maximum atomic E-state index is 12.6. The van der Waals surface area contributed by atoms with Gasteiger partial charge in [-0.2, -0.15) is 0 Å². The standard InChI is InChI=1S/C22H24ClN3O/c23-20-7-5-19(6-8-20)22(27)26-13-9-17(10-14-26)15-16-1-3-18(4-2-16)21-24-11-12-25-21/h1-8,17H,9-15H2,(H,24,25). The normalized spacial score (nSPS) is 17.5. The van der Waals surface area contributed by atoms with Crippen LogP contribution in [0.3, 0.4) is 0 Å². The number of amides is 1. The van der Waals surface area contributed by atoms with Crippen LogP contribution < -0.4 is 5.32 Å². The van der Waals surface area contributed by atoms with E-state index in [0.717, 1.165) is 56.8 Å². The molecule has 27 heavy (non-hydrogen) atoms. The molecule has 0 radical (unpaired) electrons. The largest absolute Gasteiger partial charge is 0.368 e. The van der Waals surface area contributed by atoms with Crippen LogP contribution in [-0.4, -0.2) is 42.8 Å². The molecule has 140 valence electrons. The van der Waals surface area contributed by atoms with Crippen molar-refractivity contribution in [1.82, 2.24) is 10.2 Å². The molecule has 0 saturated carbocycles. The van der Waals surface area contributed by atoms with Gasteiger partial charge in [0.05, 0.1) is 6.54 Å². The minimum absolute atomic E-state index is 0.110. The summed E-state index contributed by atoms with van der Waals surface area (Å²) >= 11 is 5.91. The minimum Gasteiger partial charge on any atom is -0.368 e. The Morgan fingerprint density at radius 1 is 1.07 bits per heavy atom. The van der Waals surface area contributed by atoms with Gasteiger partial charge in [-0.3, -0.25) is 9.79 Å². The van der Waals surface area contributed by atoms with Crippen molar-refractivity contribution in [1.29, 1.82) is 0 Å². The van der Waals surface area contributed by atoms with Crippen LogP contribution in [0.25, 0.3) is 0 Å². The summed E-state index contributed by atoms with van der Waals surface area (Å²) in [5.41, 5.74) is 3.25. The van der Waals surface area contributed by atoms with Crippen molar-refractivity contribution < 1.29 is 4.79 Å². The summed E-state index contributed by atoms with van der Waals surface area (Å²) in [5.74, 6) is 1.75. The average molecular weight is 382 g/mol. The molecule has 5 heteroatoms. The summed E-state index contributed by atoms with van der Waals surface area (Å²) in [5, 5.41) is 3.97. The predicted octanol–water partition coefficient (Wildman–Crippen LogP) is 3.78. The van der Waals surface area contributed by atoms with Gasteiger partial charge in [-0.1, -0.05) is 35.9 Å². The number of hydrogen-bond acceptors (Lipinski definition) is 3. The van der Waals surface area contributed by atoms with Crippen LogP contribution in [-0.2, 0) is 6.42 Å². The summed E-state index contributed by atoms with van der Waals surface area (Å²) in [7, 11) is 0. The minimum atomic E-state index is 0.110. The van der Waals surface area contributed by atoms with Crippen molar-refractivity contribution in [2.45, 2.75) is 19.3 Å². The van der Waals surface area contributed by atoms with Crippen molar-refractivity contribution in [3.63, 3.8) is 0 Å². The Labute approximate surface area is 165 Å². The highest BCUT2D eigenvalue weighted by Gasteiger charge is 2.23. The van der Waals surface area contributed by atoms with Gasteiger partial charge in [0.2, 0.25) is 0 Å². The van der Waals surface area contributed by atoms with E-state index in [2.05, 4.69) is 34.6 Å². The Balaban J connectivity index is 1.30. The number of halogens is 1. The molecule has 1 amide bonds. The molecule has 1 N–H and O–H groups in total. The summed E-state index contributed by atoms with van der Waals surface area (Å²) in [4.78, 5) is 19.0. The van der Waals surface area contributed by atoms with Crippen LogP contribution >= 0.6 is 11.6 Å². The second-order valence-electron chi connectivity index (χ2n) is 7.30. The molecule has 1 fully saturated rings. The molecule has 0 spiro atoms. The topological polar surface area (TPSA) is 44.7 Å². The number of amidine groups is 1. The van der Waals surface area contributed by atoms with Crippen molar-refractivity contribution in [2.24, 2.45) is 10.9 Å². The van der Waals surface area contributed by atoms with Gasteiger partial charge < -0.3 is 10.2 Å². The lowest BCUT2D eigenvalue weighted by atomic mass is 9.89. The molecule has 1 saturated heterocycles. The maximum absolute atomic E-state index is 12.6. The fourth-order valence-corrected chi connectivity index (χ4v) is 3.96. The molecule has 0 atom stereocenters. The number of nitrogens with one attached hydrogen (secondary N) is 1. The quantitative estimate of drug-likeness (QED) is 0.875. The first-order valence-electron chi connectivity index (χ1n) is 9.61. The van der Waals surface area contributed by atoms with Crippen LogP contribution in [0.15, 0.2) is 53.5 Å². The van der Waals surface area contributed by atoms with Gasteiger partial charge in [-0.05, 0) is 55.0 Å². The van der Waals surface area contributed by atoms with Crippen molar-refractivity contribution in [2.75, 3.05) is 26.2 Å². The highest BCUT2D eigenvalue weighted by molar-refractivity contribution is 6.30. The molecule has 4 rings (SSSR count). The van der Waals surface area contributed by atoms with Crippen molar-refractivity contribution in [3.8, 4) is 0 Å². The van der Waals surface area contributed by atoms with E-state index in [9.17, 15) is 4.79 Å². The molecule has 2 aromatic carbocycles. The predicted molar refractivity (Wildman–Crippen MR) is 110 cm³/mol. The van der Waals surface area contributed by atoms with E-state index < -0.39 is 0 Å². The molecule has 2 aromatic rings. The van der Waals surface area contributed by atoms with Gasteiger partial charge >= 0.3 is 0 Å². The van der Waals surface area contributed by atoms with E-state index in [1.54, 1.807) is 12.1 Å². The summed E-state index contributed by atoms with van der Waals surface area (Å²) in [6.45, 7) is 3.45. The van der Waals surface area contributed by atoms with E-state index in [0.29, 0.717) is 10.9 Å². The lowest BCUT2D eigenvalue weighted by Gasteiger charge is -2.32. The van der Waals surface area contributed by atoms with Crippen molar-refractivity contribution in [3.05, 3.63) is 70.2 Å². The number of hydrogen-bond donors (Lipinski definition) is 1. The van der Waals surface area contributed by atoms with Crippen LogP contribution in [0.5, 0.6) is 0 Å². The fourth-order valence-electron chi connectivity index (χ4n) is 3.84. The fraction of sp³-hybridized carbons (Fsp3) is 0.364. The second kappa shape index (κ2) is 8.13. The first-order valence-corrected chi connectivity index (χ1v) is 9.99. The Bertz CT molecular complexity index is 822. The second-order valence-corrected chi connectivity index (χ2v) is 7.74. The molecular formula is C22H24ClN3O. The zero-order chi connectivity index (χ0) is 18.6. The number of benzene rings is 2. The monoisotopic (exact) mass is 381 g/mol. The molecule has 0 aliphatic carbocycles. The van der Waals surface area contributed by atoms with E-state index >= 15 is 0 Å². The molecule has 0 aromatic heterocycles. The number of likely N-dealkylation sites (tertiary alicyclic amines) is 1. The highest BCUT2D eigenvalue weighted by atomic mass is 35.5. The van der Waals surface area contributed by atoms with E-state index in [1.807, 2.05) is 17.0 Å². The molecule has 2 heterocycles. The molecule has 0 bridgehead atoms. The molecule has 4 nitrogen and oxygen atoms in total. The Morgan fingerprint density at radius 3 is 2.41 bits per heavy atom. The van der Waals surface area contributed by atoms with Gasteiger partial charge in [-0.15, -0.1) is 0 Å². The van der Waals surface area contributed by atoms with Gasteiger partial charge in [0, 0.05) is 35.8 Å². The van der Waals surface area contributed by atoms with Gasteiger partial charge in [0.1, 0.15) is 5.84 Å². The number of carbonyl (C=O) groups excluding carboxylic acids is 1. The highest BCUT2D eigenvalue weighted by Crippen LogP contribution is 2.23. The van der Waals surface area contributed by atoms with Crippen LogP contribution in [0.1, 0.15) is 34.3 Å². The molecule has 2 aliphatic heterocycles. The molecular weight excluding hydrogens is 358 g/mol. The SMILES string of the molecule is O=C(c1ccc(Cl)cc1)N1CCC(Cc2ccc(C3=NCCN3)cc2)CC1. The number of nitrogens with zero attached hydrogens (tertiary/aromatic N) is 2. The van der Waals surface area contributed by atoms with E-state index in [-0.39, 0.29) is 5.91 Å². The summed E-state index contributed by atoms with van der Waals surface area (Å²) < 4.78 is 0. The maximum Gasteiger partial charge on any atom is 0.253 e. The molecule has 2 aliphatic rings. The van der Waals surface area contributed by atoms with Gasteiger partial charge in [0.15, 0.2) is 0 Å².